The van der Waals surface area contributed by atoms with Crippen LogP contribution in [0.3, 0.4) is 0 Å². The lowest BCUT2D eigenvalue weighted by molar-refractivity contribution is 0.0244. The van der Waals surface area contributed by atoms with Crippen molar-refractivity contribution in [2.24, 2.45) is 0 Å². The smallest absolute Gasteiger partial charge is 0.127 e. The van der Waals surface area contributed by atoms with Gasteiger partial charge in [-0.15, -0.1) is 0 Å². The quantitative estimate of drug-likeness (QED) is 0.356. The Morgan fingerprint density at radius 1 is 0.556 bits per heavy atom. The summed E-state index contributed by atoms with van der Waals surface area (Å²) in [6.45, 7) is 5.07. The van der Waals surface area contributed by atoms with Crippen LogP contribution >= 0.6 is 0 Å². The second-order valence-corrected chi connectivity index (χ2v) is 9.49. The Morgan fingerprint density at radius 2 is 0.944 bits per heavy atom. The lowest BCUT2D eigenvalue weighted by Gasteiger charge is -2.36. The summed E-state index contributed by atoms with van der Waals surface area (Å²) in [6, 6.07) is 28.2. The largest absolute Gasteiger partial charge is 0.490 e. The highest BCUT2D eigenvalue weighted by molar-refractivity contribution is 5.88. The second kappa shape index (κ2) is 11.7. The van der Waals surface area contributed by atoms with Crippen LogP contribution in [0.15, 0.2) is 84.9 Å². The predicted molar refractivity (Wildman–Crippen MR) is 144 cm³/mol. The molecule has 188 valence electrons. The Bertz CT molecular complexity index is 1160. The maximum atomic E-state index is 10.6. The molecule has 0 spiro atoms. The molecule has 1 heterocycles. The number of hydrogen-bond acceptors (Lipinski definition) is 6. The van der Waals surface area contributed by atoms with Crippen LogP contribution < -0.4 is 9.47 Å². The van der Waals surface area contributed by atoms with Crippen molar-refractivity contribution in [2.45, 2.75) is 12.2 Å². The molecule has 2 N–H and O–H groups in total. The molecule has 1 fully saturated rings. The van der Waals surface area contributed by atoms with Crippen LogP contribution in [0.1, 0.15) is 0 Å². The summed E-state index contributed by atoms with van der Waals surface area (Å²) in [5, 5.41) is 25.5. The minimum Gasteiger partial charge on any atom is -0.490 e. The average molecular weight is 487 g/mol. The van der Waals surface area contributed by atoms with E-state index in [1.54, 1.807) is 0 Å². The van der Waals surface area contributed by atoms with Gasteiger partial charge in [-0.2, -0.15) is 0 Å². The molecular formula is C30H34N2O4. The number of fused-ring (bicyclic) bond motifs is 2. The fraction of sp³-hybridized carbons (Fsp3) is 0.333. The topological polar surface area (TPSA) is 65.4 Å². The summed E-state index contributed by atoms with van der Waals surface area (Å²) in [7, 11) is 0. The lowest BCUT2D eigenvalue weighted by atomic mass is 10.1. The standard InChI is InChI=1S/C30H34N2O4/c33-25(21-35-29-13-5-9-23-7-1-3-11-27(23)29)19-31-15-17-32(18-16-31)20-26(34)22-36-30-14-6-10-24-8-2-4-12-28(24)30/h1-14,25-26,33-34H,15-22H2. The van der Waals surface area contributed by atoms with Crippen molar-refractivity contribution >= 4 is 21.5 Å². The molecule has 5 rings (SSSR count). The minimum absolute atomic E-state index is 0.262. The van der Waals surface area contributed by atoms with Gasteiger partial charge in [0, 0.05) is 50.0 Å². The van der Waals surface area contributed by atoms with Gasteiger partial charge in [0.1, 0.15) is 36.9 Å². The summed E-state index contributed by atoms with van der Waals surface area (Å²) >= 11 is 0. The molecule has 2 unspecified atom stereocenters. The third kappa shape index (κ3) is 6.15. The van der Waals surface area contributed by atoms with E-state index in [1.807, 2.05) is 60.7 Å². The van der Waals surface area contributed by atoms with Crippen LogP contribution in [0.2, 0.25) is 0 Å². The first-order valence-corrected chi connectivity index (χ1v) is 12.7. The van der Waals surface area contributed by atoms with E-state index < -0.39 is 12.2 Å². The number of benzene rings is 4. The first-order chi connectivity index (χ1) is 17.7. The molecular weight excluding hydrogens is 452 g/mol. The van der Waals surface area contributed by atoms with Crippen molar-refractivity contribution in [1.82, 2.24) is 9.80 Å². The molecule has 6 nitrogen and oxygen atoms in total. The van der Waals surface area contributed by atoms with Gasteiger partial charge in [-0.25, -0.2) is 0 Å². The van der Waals surface area contributed by atoms with Crippen molar-refractivity contribution < 1.29 is 19.7 Å². The molecule has 0 aromatic heterocycles. The van der Waals surface area contributed by atoms with Crippen LogP contribution in [0.4, 0.5) is 0 Å². The number of ether oxygens (including phenoxy) is 2. The number of aliphatic hydroxyl groups excluding tert-OH is 2. The fourth-order valence-electron chi connectivity index (χ4n) is 4.87. The molecule has 4 aromatic rings. The van der Waals surface area contributed by atoms with Crippen molar-refractivity contribution in [1.29, 1.82) is 0 Å². The molecule has 0 bridgehead atoms. The van der Waals surface area contributed by atoms with Crippen molar-refractivity contribution in [3.05, 3.63) is 84.9 Å². The molecule has 2 atom stereocenters. The first kappa shape index (κ1) is 24.5. The van der Waals surface area contributed by atoms with Crippen LogP contribution in [0.5, 0.6) is 11.5 Å². The number of β-amino-alcohol motifs (C(OH)–C–C–N with tert-alkyl or cyclic N) is 2. The Hall–Kier alpha value is -3.16. The molecule has 0 saturated carbocycles. The molecule has 6 heteroatoms. The number of hydrogen-bond donors (Lipinski definition) is 2. The lowest BCUT2D eigenvalue weighted by Crippen LogP contribution is -2.51. The maximum Gasteiger partial charge on any atom is 0.127 e. The van der Waals surface area contributed by atoms with Gasteiger partial charge in [0.15, 0.2) is 0 Å². The summed E-state index contributed by atoms with van der Waals surface area (Å²) < 4.78 is 11.9. The zero-order valence-corrected chi connectivity index (χ0v) is 20.5. The molecule has 36 heavy (non-hydrogen) atoms. The summed E-state index contributed by atoms with van der Waals surface area (Å²) in [4.78, 5) is 4.51. The Kier molecular flexibility index (Phi) is 7.98. The van der Waals surface area contributed by atoms with Gasteiger partial charge in [-0.3, -0.25) is 9.80 Å². The SMILES string of the molecule is OC(COc1cccc2ccccc12)CN1CCN(CC(O)COc2cccc3ccccc23)CC1. The average Bonchev–Trinajstić information content (AvgIpc) is 2.92. The highest BCUT2D eigenvalue weighted by Gasteiger charge is 2.21. The van der Waals surface area contributed by atoms with Gasteiger partial charge in [-0.1, -0.05) is 72.8 Å². The molecule has 0 radical (unpaired) electrons. The van der Waals surface area contributed by atoms with Gasteiger partial charge in [0.05, 0.1) is 0 Å². The second-order valence-electron chi connectivity index (χ2n) is 9.49. The highest BCUT2D eigenvalue weighted by Crippen LogP contribution is 2.26. The molecule has 1 aliphatic heterocycles. The van der Waals surface area contributed by atoms with Crippen LogP contribution in [0.25, 0.3) is 21.5 Å². The predicted octanol–water partition coefficient (Wildman–Crippen LogP) is 3.79. The number of piperazine rings is 1. The van der Waals surface area contributed by atoms with E-state index in [0.717, 1.165) is 59.2 Å². The molecule has 0 amide bonds. The Balaban J connectivity index is 1.03. The van der Waals surface area contributed by atoms with Gasteiger partial charge in [-0.05, 0) is 22.9 Å². The molecule has 1 aliphatic rings. The monoisotopic (exact) mass is 486 g/mol. The van der Waals surface area contributed by atoms with E-state index >= 15 is 0 Å². The number of nitrogens with zero attached hydrogens (tertiary/aromatic N) is 2. The van der Waals surface area contributed by atoms with E-state index in [9.17, 15) is 10.2 Å². The third-order valence-electron chi connectivity index (χ3n) is 6.76. The van der Waals surface area contributed by atoms with Gasteiger partial charge < -0.3 is 19.7 Å². The number of rotatable bonds is 10. The Morgan fingerprint density at radius 3 is 1.39 bits per heavy atom. The van der Waals surface area contributed by atoms with Gasteiger partial charge in [0.2, 0.25) is 0 Å². The molecule has 1 saturated heterocycles. The molecule has 4 aromatic carbocycles. The number of aliphatic hydroxyl groups is 2. The van der Waals surface area contributed by atoms with Crippen molar-refractivity contribution in [3.63, 3.8) is 0 Å². The normalized spacial score (nSPS) is 16.7. The zero-order chi connectivity index (χ0) is 24.7. The Labute approximate surface area is 212 Å². The molecule has 0 aliphatic carbocycles. The van der Waals surface area contributed by atoms with Crippen molar-refractivity contribution in [3.8, 4) is 11.5 Å². The highest BCUT2D eigenvalue weighted by atomic mass is 16.5. The van der Waals surface area contributed by atoms with Gasteiger partial charge >= 0.3 is 0 Å². The minimum atomic E-state index is -0.560. The van der Waals surface area contributed by atoms with Gasteiger partial charge in [0.25, 0.3) is 0 Å². The summed E-state index contributed by atoms with van der Waals surface area (Å²) in [6.07, 6.45) is -1.12. The van der Waals surface area contributed by atoms with Crippen molar-refractivity contribution in [2.75, 3.05) is 52.5 Å². The van der Waals surface area contributed by atoms with E-state index in [4.69, 9.17) is 9.47 Å². The van der Waals surface area contributed by atoms with E-state index in [1.165, 1.54) is 0 Å². The zero-order valence-electron chi connectivity index (χ0n) is 20.5. The van der Waals surface area contributed by atoms with E-state index in [-0.39, 0.29) is 13.2 Å². The summed E-state index contributed by atoms with van der Waals surface area (Å²) in [5.41, 5.74) is 0. The van der Waals surface area contributed by atoms with Crippen LogP contribution in [0, 0.1) is 0 Å². The maximum absolute atomic E-state index is 10.6. The van der Waals surface area contributed by atoms with E-state index in [2.05, 4.69) is 34.1 Å². The van der Waals surface area contributed by atoms with E-state index in [0.29, 0.717) is 13.1 Å². The van der Waals surface area contributed by atoms with Crippen LogP contribution in [-0.4, -0.2) is 84.7 Å². The third-order valence-corrected chi connectivity index (χ3v) is 6.76. The first-order valence-electron chi connectivity index (χ1n) is 12.7. The summed E-state index contributed by atoms with van der Waals surface area (Å²) in [5.74, 6) is 1.60. The van der Waals surface area contributed by atoms with Crippen LogP contribution in [-0.2, 0) is 0 Å². The fourth-order valence-corrected chi connectivity index (χ4v) is 4.87.